The molecule has 2 aromatic carbocycles. The number of carbonyl (C=O) groups excluding carboxylic acids is 2. The zero-order valence-corrected chi connectivity index (χ0v) is 16.3. The molecule has 27 heavy (non-hydrogen) atoms. The van der Waals surface area contributed by atoms with Gasteiger partial charge in [-0.1, -0.05) is 26.0 Å². The van der Waals surface area contributed by atoms with E-state index in [1.54, 1.807) is 48.1 Å². The van der Waals surface area contributed by atoms with Gasteiger partial charge in [-0.05, 0) is 54.8 Å². The molecular formula is C22H26N2O3. The second-order valence-corrected chi connectivity index (χ2v) is 7.14. The lowest BCUT2D eigenvalue weighted by atomic mass is 10.0. The first-order valence-corrected chi connectivity index (χ1v) is 9.28. The van der Waals surface area contributed by atoms with Gasteiger partial charge in [0.25, 0.3) is 5.91 Å². The minimum Gasteiger partial charge on any atom is -0.497 e. The molecule has 0 N–H and O–H groups in total. The van der Waals surface area contributed by atoms with Crippen molar-refractivity contribution in [1.29, 1.82) is 0 Å². The van der Waals surface area contributed by atoms with Crippen molar-refractivity contribution >= 4 is 17.5 Å². The number of hydrogen-bond donors (Lipinski definition) is 0. The van der Waals surface area contributed by atoms with Gasteiger partial charge in [-0.25, -0.2) is 0 Å². The van der Waals surface area contributed by atoms with Crippen molar-refractivity contribution in [3.8, 4) is 5.75 Å². The van der Waals surface area contributed by atoms with E-state index in [1.165, 1.54) is 5.56 Å². The van der Waals surface area contributed by atoms with E-state index >= 15 is 0 Å². The number of amides is 2. The lowest BCUT2D eigenvalue weighted by Gasteiger charge is -2.39. The van der Waals surface area contributed by atoms with Crippen LogP contribution in [0.15, 0.2) is 48.5 Å². The lowest BCUT2D eigenvalue weighted by Crippen LogP contribution is -2.57. The smallest absolute Gasteiger partial charge is 0.254 e. The number of piperazine rings is 1. The van der Waals surface area contributed by atoms with Gasteiger partial charge in [0, 0.05) is 24.3 Å². The second kappa shape index (κ2) is 7.82. The zero-order chi connectivity index (χ0) is 19.6. The number of ether oxygens (including phenoxy) is 1. The topological polar surface area (TPSA) is 49.9 Å². The Labute approximate surface area is 160 Å². The first-order chi connectivity index (χ1) is 12.9. The normalized spacial score (nSPS) is 17.4. The molecule has 142 valence electrons. The van der Waals surface area contributed by atoms with Crippen molar-refractivity contribution in [3.05, 3.63) is 59.7 Å². The van der Waals surface area contributed by atoms with Crippen molar-refractivity contribution in [2.24, 2.45) is 0 Å². The van der Waals surface area contributed by atoms with E-state index in [0.29, 0.717) is 30.3 Å². The molecule has 1 saturated heterocycles. The fourth-order valence-corrected chi connectivity index (χ4v) is 3.34. The third-order valence-electron chi connectivity index (χ3n) is 5.12. The van der Waals surface area contributed by atoms with Crippen molar-refractivity contribution in [3.63, 3.8) is 0 Å². The monoisotopic (exact) mass is 366 g/mol. The Kier molecular flexibility index (Phi) is 5.49. The molecular weight excluding hydrogens is 340 g/mol. The molecule has 5 heteroatoms. The minimum atomic E-state index is -0.502. The molecule has 1 atom stereocenters. The third-order valence-corrected chi connectivity index (χ3v) is 5.12. The molecule has 0 radical (unpaired) electrons. The molecule has 1 aliphatic rings. The fourth-order valence-electron chi connectivity index (χ4n) is 3.34. The van der Waals surface area contributed by atoms with Crippen LogP contribution in [-0.4, -0.2) is 43.0 Å². The Balaban J connectivity index is 1.74. The van der Waals surface area contributed by atoms with Crippen LogP contribution in [0, 0.1) is 0 Å². The standard InChI is InChI=1S/C22H26N2O3/c1-15(2)17-5-9-19(10-6-17)24-14-13-23(16(3)21(24)25)22(26)18-7-11-20(27-4)12-8-18/h5-12,15-16H,13-14H2,1-4H3/t16-/m0/s1. The Morgan fingerprint density at radius 3 is 2.22 bits per heavy atom. The summed E-state index contributed by atoms with van der Waals surface area (Å²) < 4.78 is 5.13. The number of anilines is 1. The summed E-state index contributed by atoms with van der Waals surface area (Å²) in [5, 5.41) is 0. The summed E-state index contributed by atoms with van der Waals surface area (Å²) in [6, 6.07) is 14.6. The third kappa shape index (κ3) is 3.82. The summed E-state index contributed by atoms with van der Waals surface area (Å²) in [4.78, 5) is 29.1. The molecule has 0 aliphatic carbocycles. The van der Waals surface area contributed by atoms with Crippen molar-refractivity contribution in [1.82, 2.24) is 4.90 Å². The van der Waals surface area contributed by atoms with Gasteiger partial charge in [0.1, 0.15) is 11.8 Å². The summed E-state index contributed by atoms with van der Waals surface area (Å²) in [5.41, 5.74) is 2.69. The molecule has 0 aromatic heterocycles. The molecule has 1 aliphatic heterocycles. The second-order valence-electron chi connectivity index (χ2n) is 7.14. The Morgan fingerprint density at radius 2 is 1.67 bits per heavy atom. The van der Waals surface area contributed by atoms with Crippen LogP contribution in [-0.2, 0) is 4.79 Å². The molecule has 5 nitrogen and oxygen atoms in total. The van der Waals surface area contributed by atoms with E-state index in [9.17, 15) is 9.59 Å². The predicted octanol–water partition coefficient (Wildman–Crippen LogP) is 3.70. The summed E-state index contributed by atoms with van der Waals surface area (Å²) in [5.74, 6) is 0.965. The molecule has 0 bridgehead atoms. The average molecular weight is 366 g/mol. The predicted molar refractivity (Wildman–Crippen MR) is 106 cm³/mol. The number of nitrogens with zero attached hydrogens (tertiary/aromatic N) is 2. The van der Waals surface area contributed by atoms with Crippen LogP contribution in [0.1, 0.15) is 42.6 Å². The largest absolute Gasteiger partial charge is 0.497 e. The van der Waals surface area contributed by atoms with E-state index in [0.717, 1.165) is 5.69 Å². The zero-order valence-electron chi connectivity index (χ0n) is 16.3. The van der Waals surface area contributed by atoms with E-state index < -0.39 is 6.04 Å². The highest BCUT2D eigenvalue weighted by atomic mass is 16.5. The number of rotatable bonds is 4. The maximum atomic E-state index is 12.9. The number of benzene rings is 2. The maximum Gasteiger partial charge on any atom is 0.254 e. The summed E-state index contributed by atoms with van der Waals surface area (Å²) in [6.07, 6.45) is 0. The fraction of sp³-hybridized carbons (Fsp3) is 0.364. The van der Waals surface area contributed by atoms with Gasteiger partial charge in [0.2, 0.25) is 5.91 Å². The first-order valence-electron chi connectivity index (χ1n) is 9.28. The number of hydrogen-bond acceptors (Lipinski definition) is 3. The minimum absolute atomic E-state index is 0.0552. The van der Waals surface area contributed by atoms with Crippen LogP contribution in [0.3, 0.4) is 0 Å². The van der Waals surface area contributed by atoms with Crippen LogP contribution in [0.5, 0.6) is 5.75 Å². The maximum absolute atomic E-state index is 12.9. The van der Waals surface area contributed by atoms with E-state index in [1.807, 2.05) is 12.1 Å². The molecule has 3 rings (SSSR count). The summed E-state index contributed by atoms with van der Waals surface area (Å²) in [7, 11) is 1.59. The Hall–Kier alpha value is -2.82. The van der Waals surface area contributed by atoms with Gasteiger partial charge < -0.3 is 14.5 Å². The van der Waals surface area contributed by atoms with Crippen molar-refractivity contribution in [2.45, 2.75) is 32.7 Å². The highest BCUT2D eigenvalue weighted by Gasteiger charge is 2.35. The van der Waals surface area contributed by atoms with E-state index in [-0.39, 0.29) is 11.8 Å². The Bertz CT molecular complexity index is 812. The van der Waals surface area contributed by atoms with Crippen molar-refractivity contribution < 1.29 is 14.3 Å². The summed E-state index contributed by atoms with van der Waals surface area (Å²) >= 11 is 0. The Morgan fingerprint density at radius 1 is 1.04 bits per heavy atom. The van der Waals surface area contributed by atoms with Crippen LogP contribution in [0.25, 0.3) is 0 Å². The first kappa shape index (κ1) is 19.0. The van der Waals surface area contributed by atoms with Gasteiger partial charge in [-0.3, -0.25) is 9.59 Å². The van der Waals surface area contributed by atoms with Gasteiger partial charge in [0.05, 0.1) is 7.11 Å². The van der Waals surface area contributed by atoms with E-state index in [4.69, 9.17) is 4.74 Å². The number of methoxy groups -OCH3 is 1. The van der Waals surface area contributed by atoms with Gasteiger partial charge in [0.15, 0.2) is 0 Å². The lowest BCUT2D eigenvalue weighted by molar-refractivity contribution is -0.124. The molecule has 1 fully saturated rings. The molecule has 0 unspecified atom stereocenters. The molecule has 0 spiro atoms. The van der Waals surface area contributed by atoms with Gasteiger partial charge >= 0.3 is 0 Å². The summed E-state index contributed by atoms with van der Waals surface area (Å²) in [6.45, 7) is 7.08. The molecule has 2 amide bonds. The van der Waals surface area contributed by atoms with Gasteiger partial charge in [-0.2, -0.15) is 0 Å². The quantitative estimate of drug-likeness (QED) is 0.829. The molecule has 2 aromatic rings. The van der Waals surface area contributed by atoms with Crippen LogP contribution in [0.2, 0.25) is 0 Å². The van der Waals surface area contributed by atoms with Gasteiger partial charge in [-0.15, -0.1) is 0 Å². The highest BCUT2D eigenvalue weighted by Crippen LogP contribution is 2.24. The number of carbonyl (C=O) groups is 2. The van der Waals surface area contributed by atoms with Crippen LogP contribution >= 0.6 is 0 Å². The molecule has 0 saturated carbocycles. The van der Waals surface area contributed by atoms with E-state index in [2.05, 4.69) is 26.0 Å². The van der Waals surface area contributed by atoms with Crippen molar-refractivity contribution in [2.75, 3.05) is 25.1 Å². The highest BCUT2D eigenvalue weighted by molar-refractivity contribution is 6.03. The average Bonchev–Trinajstić information content (AvgIpc) is 2.69. The molecule has 1 heterocycles. The van der Waals surface area contributed by atoms with Crippen LogP contribution in [0.4, 0.5) is 5.69 Å². The van der Waals surface area contributed by atoms with Crippen LogP contribution < -0.4 is 9.64 Å². The SMILES string of the molecule is COc1ccc(C(=O)N2CCN(c3ccc(C(C)C)cc3)C(=O)[C@@H]2C)cc1.